The van der Waals surface area contributed by atoms with E-state index in [9.17, 15) is 0 Å². The van der Waals surface area contributed by atoms with E-state index in [0.717, 1.165) is 25.2 Å². The van der Waals surface area contributed by atoms with E-state index in [1.165, 1.54) is 6.04 Å². The van der Waals surface area contributed by atoms with Gasteiger partial charge in [-0.3, -0.25) is 0 Å². The molecule has 0 radical (unpaired) electrons. The number of hydrogen-bond donors (Lipinski definition) is 0. The predicted octanol–water partition coefficient (Wildman–Crippen LogP) is 2.36. The summed E-state index contributed by atoms with van der Waals surface area (Å²) in [7, 11) is -0.872. The highest BCUT2D eigenvalue weighted by molar-refractivity contribution is 6.50. The summed E-state index contributed by atoms with van der Waals surface area (Å²) in [6.45, 7) is 12.5. The van der Waals surface area contributed by atoms with E-state index in [1.807, 2.05) is 6.92 Å². The van der Waals surface area contributed by atoms with Crippen molar-refractivity contribution in [1.29, 1.82) is 0 Å². The third-order valence-corrected chi connectivity index (χ3v) is 3.82. The summed E-state index contributed by atoms with van der Waals surface area (Å²) in [6.07, 6.45) is 1.13. The lowest BCUT2D eigenvalue weighted by atomic mass is 10.4. The van der Waals surface area contributed by atoms with Crippen LogP contribution in [0.4, 0.5) is 0 Å². The molecular formula is C10H22O2Si. The highest BCUT2D eigenvalue weighted by atomic mass is 28.3. The van der Waals surface area contributed by atoms with Gasteiger partial charge >= 0.3 is 0 Å². The Morgan fingerprint density at radius 1 is 1.46 bits per heavy atom. The molecule has 1 unspecified atom stereocenters. The maximum atomic E-state index is 5.54. The van der Waals surface area contributed by atoms with Crippen molar-refractivity contribution in [2.24, 2.45) is 0 Å². The fraction of sp³-hybridized carbons (Fsp3) is 0.800. The molecule has 78 valence electrons. The van der Waals surface area contributed by atoms with Gasteiger partial charge in [0.2, 0.25) is 0 Å². The zero-order valence-corrected chi connectivity index (χ0v) is 10.3. The van der Waals surface area contributed by atoms with Crippen LogP contribution in [0, 0.1) is 0 Å². The second-order valence-electron chi connectivity index (χ2n) is 3.42. The first-order valence-corrected chi connectivity index (χ1v) is 7.44. The first-order chi connectivity index (χ1) is 6.16. The van der Waals surface area contributed by atoms with Gasteiger partial charge in [-0.05, 0) is 32.9 Å². The van der Waals surface area contributed by atoms with Gasteiger partial charge in [-0.1, -0.05) is 12.2 Å². The van der Waals surface area contributed by atoms with Gasteiger partial charge in [-0.2, -0.15) is 0 Å². The Balaban J connectivity index is 3.11. The van der Waals surface area contributed by atoms with Crippen LogP contribution in [0.2, 0.25) is 12.6 Å². The molecule has 2 nitrogen and oxygen atoms in total. The summed E-state index contributed by atoms with van der Waals surface area (Å²) in [6, 6.07) is 1.21. The van der Waals surface area contributed by atoms with Crippen LogP contribution >= 0.6 is 0 Å². The van der Waals surface area contributed by atoms with Gasteiger partial charge in [-0.15, -0.1) is 0 Å². The molecule has 0 fully saturated rings. The van der Waals surface area contributed by atoms with Crippen molar-refractivity contribution in [1.82, 2.24) is 0 Å². The summed E-state index contributed by atoms with van der Waals surface area (Å²) in [5.41, 5.74) is 1.09. The van der Waals surface area contributed by atoms with Crippen LogP contribution in [0.25, 0.3) is 0 Å². The lowest BCUT2D eigenvalue weighted by molar-refractivity contribution is 0.156. The predicted molar refractivity (Wildman–Crippen MR) is 59.7 cm³/mol. The van der Waals surface area contributed by atoms with Gasteiger partial charge in [0.15, 0.2) is 9.04 Å². The maximum absolute atomic E-state index is 5.54. The molecule has 0 aromatic rings. The third-order valence-electron chi connectivity index (χ3n) is 1.70. The zero-order valence-electron chi connectivity index (χ0n) is 9.14. The van der Waals surface area contributed by atoms with E-state index in [2.05, 4.69) is 20.0 Å². The average molecular weight is 202 g/mol. The molecule has 0 spiro atoms. The molecule has 0 aliphatic heterocycles. The molecule has 0 aromatic heterocycles. The van der Waals surface area contributed by atoms with Crippen molar-refractivity contribution in [3.63, 3.8) is 0 Å². The van der Waals surface area contributed by atoms with Gasteiger partial charge < -0.3 is 9.16 Å². The second-order valence-corrected chi connectivity index (χ2v) is 5.95. The lowest BCUT2D eigenvalue weighted by Crippen LogP contribution is -2.13. The second kappa shape index (κ2) is 8.47. The van der Waals surface area contributed by atoms with Gasteiger partial charge in [-0.25, -0.2) is 0 Å². The molecule has 0 bridgehead atoms. The van der Waals surface area contributed by atoms with Crippen LogP contribution in [0.5, 0.6) is 0 Å². The molecular weight excluding hydrogens is 180 g/mol. The van der Waals surface area contributed by atoms with Gasteiger partial charge in [0.1, 0.15) is 0 Å². The Hall–Kier alpha value is -0.123. The van der Waals surface area contributed by atoms with E-state index in [-0.39, 0.29) is 0 Å². The summed E-state index contributed by atoms with van der Waals surface area (Å²) >= 11 is 0. The summed E-state index contributed by atoms with van der Waals surface area (Å²) in [4.78, 5) is 0. The van der Waals surface area contributed by atoms with Gasteiger partial charge in [0, 0.05) is 13.2 Å². The van der Waals surface area contributed by atoms with Crippen LogP contribution in [0.3, 0.4) is 0 Å². The van der Waals surface area contributed by atoms with Crippen LogP contribution < -0.4 is 0 Å². The van der Waals surface area contributed by atoms with Crippen molar-refractivity contribution in [2.45, 2.75) is 32.9 Å². The minimum Gasteiger partial charge on any atom is -0.421 e. The molecule has 1 atom stereocenters. The Labute approximate surface area is 83.7 Å². The number of hydrogen-bond acceptors (Lipinski definition) is 2. The molecule has 0 saturated heterocycles. The van der Waals surface area contributed by atoms with Crippen LogP contribution in [0.1, 0.15) is 20.3 Å². The molecule has 0 saturated carbocycles. The largest absolute Gasteiger partial charge is 0.421 e. The molecule has 0 aromatic carbocycles. The van der Waals surface area contributed by atoms with Gasteiger partial charge in [0.05, 0.1) is 6.61 Å². The van der Waals surface area contributed by atoms with Crippen molar-refractivity contribution in [3.05, 3.63) is 12.2 Å². The Kier molecular flexibility index (Phi) is 8.39. The zero-order chi connectivity index (χ0) is 10.1. The quantitative estimate of drug-likeness (QED) is 0.342. The first-order valence-electron chi connectivity index (χ1n) is 5.00. The third kappa shape index (κ3) is 9.79. The van der Waals surface area contributed by atoms with Crippen molar-refractivity contribution in [2.75, 3.05) is 19.8 Å². The lowest BCUT2D eigenvalue weighted by Gasteiger charge is -2.09. The highest BCUT2D eigenvalue weighted by Crippen LogP contribution is 2.00. The number of ether oxygens (including phenoxy) is 1. The molecule has 3 heteroatoms. The summed E-state index contributed by atoms with van der Waals surface area (Å²) in [5, 5.41) is 0. The van der Waals surface area contributed by atoms with Crippen molar-refractivity contribution < 1.29 is 9.16 Å². The standard InChI is InChI=1S/C10H22O2Si/c1-5-12-13(4)8-6-7-11-9-10(2)3/h13H,2,5-9H2,1,3-4H3. The molecule has 0 aliphatic carbocycles. The first kappa shape index (κ1) is 12.9. The Bertz CT molecular complexity index is 137. The molecule has 0 N–H and O–H groups in total. The van der Waals surface area contributed by atoms with E-state index in [4.69, 9.17) is 9.16 Å². The SMILES string of the molecule is C=C(C)COCCC[SiH](C)OCC. The average Bonchev–Trinajstić information content (AvgIpc) is 2.03. The molecule has 13 heavy (non-hydrogen) atoms. The van der Waals surface area contributed by atoms with Crippen LogP contribution in [-0.4, -0.2) is 28.9 Å². The molecule has 0 heterocycles. The molecule has 0 aliphatic rings. The number of rotatable bonds is 8. The van der Waals surface area contributed by atoms with Crippen molar-refractivity contribution >= 4 is 9.04 Å². The van der Waals surface area contributed by atoms with E-state index < -0.39 is 9.04 Å². The molecule has 0 amide bonds. The Morgan fingerprint density at radius 2 is 2.15 bits per heavy atom. The summed E-state index contributed by atoms with van der Waals surface area (Å²) in [5.74, 6) is 0. The highest BCUT2D eigenvalue weighted by Gasteiger charge is 2.02. The van der Waals surface area contributed by atoms with E-state index in [0.29, 0.717) is 6.61 Å². The smallest absolute Gasteiger partial charge is 0.173 e. The molecule has 0 rings (SSSR count). The normalized spacial score (nSPS) is 12.8. The minimum absolute atomic E-state index is 0.699. The Morgan fingerprint density at radius 3 is 2.69 bits per heavy atom. The fourth-order valence-corrected chi connectivity index (χ4v) is 2.56. The van der Waals surface area contributed by atoms with E-state index >= 15 is 0 Å². The van der Waals surface area contributed by atoms with Gasteiger partial charge in [0.25, 0.3) is 0 Å². The topological polar surface area (TPSA) is 18.5 Å². The summed E-state index contributed by atoms with van der Waals surface area (Å²) < 4.78 is 10.9. The van der Waals surface area contributed by atoms with E-state index in [1.54, 1.807) is 0 Å². The van der Waals surface area contributed by atoms with Crippen molar-refractivity contribution in [3.8, 4) is 0 Å². The fourth-order valence-electron chi connectivity index (χ4n) is 1.09. The van der Waals surface area contributed by atoms with Crippen LogP contribution in [0.15, 0.2) is 12.2 Å². The minimum atomic E-state index is -0.872. The monoisotopic (exact) mass is 202 g/mol. The van der Waals surface area contributed by atoms with Crippen LogP contribution in [-0.2, 0) is 9.16 Å². The maximum Gasteiger partial charge on any atom is 0.173 e.